The average molecular weight is 577 g/mol. The summed E-state index contributed by atoms with van der Waals surface area (Å²) in [5.74, 6) is -0.329. The fourth-order valence-electron chi connectivity index (χ4n) is 4.22. The van der Waals surface area contributed by atoms with Crippen LogP contribution in [0.5, 0.6) is 0 Å². The first kappa shape index (κ1) is 21.8. The van der Waals surface area contributed by atoms with Crippen LogP contribution in [0.4, 0.5) is 0 Å². The van der Waals surface area contributed by atoms with Crippen LogP contribution in [0, 0.1) is 10.5 Å². The number of nitrogens with zero attached hydrogens (tertiary/aromatic N) is 4. The highest BCUT2D eigenvalue weighted by Gasteiger charge is 2.22. The molecule has 32 heavy (non-hydrogen) atoms. The molecule has 4 aromatic rings. The van der Waals surface area contributed by atoms with Crippen molar-refractivity contribution in [3.05, 3.63) is 78.6 Å². The van der Waals surface area contributed by atoms with Gasteiger partial charge >= 0.3 is 0 Å². The highest BCUT2D eigenvalue weighted by Crippen LogP contribution is 2.31. The van der Waals surface area contributed by atoms with Crippen molar-refractivity contribution >= 4 is 62.9 Å². The zero-order valence-corrected chi connectivity index (χ0v) is 21.2. The minimum absolute atomic E-state index is 0.255. The van der Waals surface area contributed by atoms with Gasteiger partial charge in [0, 0.05) is 24.8 Å². The first-order chi connectivity index (χ1) is 15.3. The average Bonchev–Trinajstić information content (AvgIpc) is 3.10. The molecule has 5 nitrogen and oxygen atoms in total. The number of carbonyl (C=O) groups is 1. The van der Waals surface area contributed by atoms with Crippen LogP contribution in [0.2, 0.25) is 10.0 Å². The Bertz CT molecular complexity index is 1380. The highest BCUT2D eigenvalue weighted by molar-refractivity contribution is 14.1. The van der Waals surface area contributed by atoms with E-state index in [2.05, 4.69) is 58.6 Å². The van der Waals surface area contributed by atoms with Gasteiger partial charge in [0.1, 0.15) is 5.52 Å². The van der Waals surface area contributed by atoms with Crippen molar-refractivity contribution in [2.45, 2.75) is 19.9 Å². The van der Waals surface area contributed by atoms with Crippen LogP contribution in [0.25, 0.3) is 22.4 Å². The Kier molecular flexibility index (Phi) is 5.73. The van der Waals surface area contributed by atoms with Crippen LogP contribution in [0.15, 0.2) is 42.7 Å². The summed E-state index contributed by atoms with van der Waals surface area (Å²) >= 11 is 14.7. The molecule has 0 saturated heterocycles. The Balaban J connectivity index is 1.59. The molecule has 0 saturated carbocycles. The van der Waals surface area contributed by atoms with E-state index in [1.165, 1.54) is 21.3 Å². The standard InChI is InChI=1S/C24H19Cl2IN4O/c1-13-8-15(9-14-6-7-30(2)11-16(13)14)20-10-28-23-22(29-20)19(27)12-31(23)24(32)21-17(25)4-3-5-18(21)26/h3-5,8-10,12H,6-7,11H2,1-2H3. The van der Waals surface area contributed by atoms with E-state index in [0.717, 1.165) is 34.3 Å². The molecule has 8 heteroatoms. The van der Waals surface area contributed by atoms with Gasteiger partial charge in [-0.2, -0.15) is 0 Å². The minimum Gasteiger partial charge on any atom is -0.302 e. The Morgan fingerprint density at radius 2 is 1.94 bits per heavy atom. The Labute approximate surface area is 209 Å². The SMILES string of the molecule is Cc1cc(-c2cnc3c(n2)c(I)cn3C(=O)c2c(Cl)cccc2Cl)cc2c1CN(C)CC2. The van der Waals surface area contributed by atoms with E-state index in [1.807, 2.05) is 0 Å². The van der Waals surface area contributed by atoms with E-state index < -0.39 is 0 Å². The molecule has 2 aromatic heterocycles. The van der Waals surface area contributed by atoms with Gasteiger partial charge in [0.05, 0.1) is 31.1 Å². The molecular weight excluding hydrogens is 558 g/mol. The molecule has 0 aliphatic carbocycles. The number of hydrogen-bond donors (Lipinski definition) is 0. The van der Waals surface area contributed by atoms with Crippen molar-refractivity contribution in [2.75, 3.05) is 13.6 Å². The second kappa shape index (κ2) is 8.41. The van der Waals surface area contributed by atoms with Gasteiger partial charge in [0.15, 0.2) is 5.65 Å². The maximum absolute atomic E-state index is 13.2. The van der Waals surface area contributed by atoms with Crippen molar-refractivity contribution in [3.8, 4) is 11.3 Å². The molecule has 0 unspecified atom stereocenters. The second-order valence-electron chi connectivity index (χ2n) is 8.09. The molecule has 5 rings (SSSR count). The first-order valence-electron chi connectivity index (χ1n) is 10.2. The zero-order valence-electron chi connectivity index (χ0n) is 17.5. The van der Waals surface area contributed by atoms with Crippen LogP contribution in [-0.2, 0) is 13.0 Å². The van der Waals surface area contributed by atoms with Crippen LogP contribution < -0.4 is 0 Å². The Morgan fingerprint density at radius 3 is 2.69 bits per heavy atom. The molecule has 1 aliphatic rings. The van der Waals surface area contributed by atoms with E-state index in [-0.39, 0.29) is 11.5 Å². The number of likely N-dealkylation sites (N-methyl/N-ethyl adjacent to an activating group) is 1. The number of carbonyl (C=O) groups excluding carboxylic acids is 1. The van der Waals surface area contributed by atoms with Crippen LogP contribution in [0.3, 0.4) is 0 Å². The molecular formula is C24H19Cl2IN4O. The van der Waals surface area contributed by atoms with E-state index >= 15 is 0 Å². The summed E-state index contributed by atoms with van der Waals surface area (Å²) < 4.78 is 2.30. The number of hydrogen-bond acceptors (Lipinski definition) is 4. The summed E-state index contributed by atoms with van der Waals surface area (Å²) in [5, 5.41) is 0.609. The van der Waals surface area contributed by atoms with Crippen molar-refractivity contribution in [1.29, 1.82) is 0 Å². The molecule has 0 amide bonds. The number of aryl methyl sites for hydroxylation is 1. The van der Waals surface area contributed by atoms with Crippen molar-refractivity contribution < 1.29 is 4.79 Å². The molecule has 3 heterocycles. The lowest BCUT2D eigenvalue weighted by molar-refractivity contribution is 0.0964. The summed E-state index contributed by atoms with van der Waals surface area (Å²) in [5.41, 5.74) is 7.29. The molecule has 162 valence electrons. The Morgan fingerprint density at radius 1 is 1.19 bits per heavy atom. The summed E-state index contributed by atoms with van der Waals surface area (Å²) in [6.07, 6.45) is 4.48. The maximum Gasteiger partial charge on any atom is 0.266 e. The van der Waals surface area contributed by atoms with Crippen LogP contribution >= 0.6 is 45.8 Å². The molecule has 2 aromatic carbocycles. The third kappa shape index (κ3) is 3.73. The number of aromatic nitrogens is 3. The maximum atomic E-state index is 13.2. The lowest BCUT2D eigenvalue weighted by atomic mass is 9.92. The zero-order chi connectivity index (χ0) is 22.6. The third-order valence-electron chi connectivity index (χ3n) is 5.90. The van der Waals surface area contributed by atoms with Crippen molar-refractivity contribution in [3.63, 3.8) is 0 Å². The summed E-state index contributed by atoms with van der Waals surface area (Å²) in [7, 11) is 2.15. The lowest BCUT2D eigenvalue weighted by Crippen LogP contribution is -2.27. The van der Waals surface area contributed by atoms with E-state index in [9.17, 15) is 4.79 Å². The summed E-state index contributed by atoms with van der Waals surface area (Å²) in [6, 6.07) is 9.41. The number of halogens is 3. The predicted octanol–water partition coefficient (Wildman–Crippen LogP) is 5.99. The summed E-state index contributed by atoms with van der Waals surface area (Å²) in [6.45, 7) is 4.17. The number of rotatable bonds is 2. The van der Waals surface area contributed by atoms with Crippen LogP contribution in [-0.4, -0.2) is 38.9 Å². The minimum atomic E-state index is -0.329. The normalized spacial score (nSPS) is 14.0. The molecule has 0 bridgehead atoms. The van der Waals surface area contributed by atoms with Gasteiger partial charge in [-0.3, -0.25) is 9.36 Å². The van der Waals surface area contributed by atoms with E-state index in [1.54, 1.807) is 30.6 Å². The van der Waals surface area contributed by atoms with Gasteiger partial charge < -0.3 is 4.90 Å². The van der Waals surface area contributed by atoms with E-state index in [4.69, 9.17) is 28.2 Å². The Hall–Kier alpha value is -2.00. The van der Waals surface area contributed by atoms with Crippen LogP contribution in [0.1, 0.15) is 27.0 Å². The van der Waals surface area contributed by atoms with Crippen molar-refractivity contribution in [2.24, 2.45) is 0 Å². The number of benzene rings is 2. The van der Waals surface area contributed by atoms with Gasteiger partial charge in [-0.25, -0.2) is 9.97 Å². The molecule has 0 spiro atoms. The molecule has 0 N–H and O–H groups in total. The van der Waals surface area contributed by atoms with Gasteiger partial charge in [-0.05, 0) is 83.9 Å². The van der Waals surface area contributed by atoms with Crippen molar-refractivity contribution in [1.82, 2.24) is 19.4 Å². The van der Waals surface area contributed by atoms with Gasteiger partial charge in [0.2, 0.25) is 0 Å². The fraction of sp³-hybridized carbons (Fsp3) is 0.208. The lowest BCUT2D eigenvalue weighted by Gasteiger charge is -2.27. The molecule has 0 fully saturated rings. The number of fused-ring (bicyclic) bond motifs is 2. The van der Waals surface area contributed by atoms with Gasteiger partial charge in [-0.15, -0.1) is 0 Å². The topological polar surface area (TPSA) is 51.0 Å². The first-order valence-corrected chi connectivity index (χ1v) is 12.0. The third-order valence-corrected chi connectivity index (χ3v) is 7.32. The monoisotopic (exact) mass is 576 g/mol. The second-order valence-corrected chi connectivity index (χ2v) is 10.1. The predicted molar refractivity (Wildman–Crippen MR) is 137 cm³/mol. The molecule has 0 radical (unpaired) electrons. The summed E-state index contributed by atoms with van der Waals surface area (Å²) in [4.78, 5) is 25.1. The fourth-order valence-corrected chi connectivity index (χ4v) is 5.42. The van der Waals surface area contributed by atoms with E-state index in [0.29, 0.717) is 21.2 Å². The molecule has 1 aliphatic heterocycles. The van der Waals surface area contributed by atoms with Gasteiger partial charge in [-0.1, -0.05) is 29.3 Å². The molecule has 0 atom stereocenters. The smallest absolute Gasteiger partial charge is 0.266 e. The largest absolute Gasteiger partial charge is 0.302 e. The quantitative estimate of drug-likeness (QED) is 0.275. The van der Waals surface area contributed by atoms with Gasteiger partial charge in [0.25, 0.3) is 5.91 Å². The highest BCUT2D eigenvalue weighted by atomic mass is 127.